The average Bonchev–Trinajstić information content (AvgIpc) is 3.32. The molecule has 0 aliphatic carbocycles. The fourth-order valence-corrected chi connectivity index (χ4v) is 5.92. The number of amides is 2. The zero-order valence-corrected chi connectivity index (χ0v) is 20.4. The quantitative estimate of drug-likeness (QED) is 0.318. The van der Waals surface area contributed by atoms with Crippen molar-refractivity contribution in [1.82, 2.24) is 0 Å². The Bertz CT molecular complexity index is 1420. The normalized spacial score (nSPS) is 24.4. The summed E-state index contributed by atoms with van der Waals surface area (Å²) >= 11 is 9.59. The lowest BCUT2D eigenvalue weighted by Crippen LogP contribution is -2.48. The summed E-state index contributed by atoms with van der Waals surface area (Å²) in [7, 11) is 0. The minimum atomic E-state index is -0.891. The van der Waals surface area contributed by atoms with E-state index in [1.807, 2.05) is 23.1 Å². The summed E-state index contributed by atoms with van der Waals surface area (Å²) in [5.74, 6) is -3.20. The molecule has 2 saturated heterocycles. The molecule has 3 heterocycles. The van der Waals surface area contributed by atoms with Crippen LogP contribution in [-0.4, -0.2) is 29.7 Å². The molecule has 0 bridgehead atoms. The topological polar surface area (TPSA) is 57.7 Å². The fourth-order valence-electron chi connectivity index (χ4n) is 5.47. The zero-order chi connectivity index (χ0) is 24.4. The van der Waals surface area contributed by atoms with Crippen LogP contribution in [0.15, 0.2) is 77.3 Å². The largest absolute Gasteiger partial charge is 0.352 e. The number of nitrogens with zero attached hydrogens (tertiary/aromatic N) is 2. The summed E-state index contributed by atoms with van der Waals surface area (Å²) in [6.07, 6.45) is 3.74. The van der Waals surface area contributed by atoms with E-state index in [2.05, 4.69) is 15.9 Å². The molecule has 8 heteroatoms. The Labute approximate surface area is 213 Å². The van der Waals surface area contributed by atoms with Crippen molar-refractivity contribution in [3.05, 3.63) is 99.2 Å². The molecule has 174 valence electrons. The molecule has 2 amide bonds. The first kappa shape index (κ1) is 22.2. The molecule has 0 radical (unpaired) electrons. The Kier molecular flexibility index (Phi) is 5.16. The highest BCUT2D eigenvalue weighted by Gasteiger charge is 2.64. The number of benzene rings is 3. The lowest BCUT2D eigenvalue weighted by molar-refractivity contribution is -0.122. The number of carbonyl (C=O) groups is 3. The second-order valence-electron chi connectivity index (χ2n) is 8.82. The maximum atomic E-state index is 13.9. The van der Waals surface area contributed by atoms with Crippen LogP contribution in [-0.2, 0) is 9.59 Å². The van der Waals surface area contributed by atoms with Gasteiger partial charge in [-0.15, -0.1) is 0 Å². The molecule has 2 fully saturated rings. The van der Waals surface area contributed by atoms with Crippen molar-refractivity contribution in [2.45, 2.75) is 12.1 Å². The van der Waals surface area contributed by atoms with Gasteiger partial charge in [-0.05, 0) is 60.2 Å². The smallest absolute Gasteiger partial charge is 0.240 e. The minimum absolute atomic E-state index is 0.242. The van der Waals surface area contributed by atoms with Gasteiger partial charge < -0.3 is 4.90 Å². The molecule has 3 aromatic carbocycles. The first-order valence-electron chi connectivity index (χ1n) is 11.0. The van der Waals surface area contributed by atoms with Crippen molar-refractivity contribution < 1.29 is 18.8 Å². The molecule has 35 heavy (non-hydrogen) atoms. The third kappa shape index (κ3) is 3.37. The molecule has 0 saturated carbocycles. The van der Waals surface area contributed by atoms with E-state index in [1.165, 1.54) is 24.3 Å². The number of carbonyl (C=O) groups excluding carboxylic acids is 3. The van der Waals surface area contributed by atoms with Gasteiger partial charge in [0.2, 0.25) is 11.8 Å². The number of anilines is 2. The van der Waals surface area contributed by atoms with E-state index < -0.39 is 41.6 Å². The van der Waals surface area contributed by atoms with Gasteiger partial charge in [0.15, 0.2) is 5.78 Å². The standard InChI is InChI=1S/C27H17BrClFN2O3/c28-16-4-1-14(2-5-16)25(33)24-23-22(21-11-3-15-13-17(29)6-12-20(15)32(21)24)26(34)31(27(23)35)19-9-7-18(30)8-10-19/h1-13,21-24H/t21-,22-,23+,24-/m1/s1. The molecule has 3 aromatic rings. The highest BCUT2D eigenvalue weighted by molar-refractivity contribution is 9.10. The number of Topliss-reactive ketones (excluding diaryl/α,β-unsaturated/α-hetero) is 1. The number of imide groups is 1. The molecular weight excluding hydrogens is 535 g/mol. The molecule has 0 N–H and O–H groups in total. The van der Waals surface area contributed by atoms with Crippen LogP contribution in [0.25, 0.3) is 6.08 Å². The molecule has 0 spiro atoms. The third-order valence-electron chi connectivity index (χ3n) is 6.95. The van der Waals surface area contributed by atoms with Crippen LogP contribution in [0, 0.1) is 17.7 Å². The molecule has 3 aliphatic rings. The van der Waals surface area contributed by atoms with Crippen LogP contribution in [0.5, 0.6) is 0 Å². The molecule has 5 nitrogen and oxygen atoms in total. The Morgan fingerprint density at radius 3 is 2.31 bits per heavy atom. The summed E-state index contributed by atoms with van der Waals surface area (Å²) in [6, 6.07) is 16.2. The zero-order valence-electron chi connectivity index (χ0n) is 18.1. The van der Waals surface area contributed by atoms with Gasteiger partial charge in [-0.1, -0.05) is 51.8 Å². The molecule has 0 aromatic heterocycles. The predicted molar refractivity (Wildman–Crippen MR) is 135 cm³/mol. The summed E-state index contributed by atoms with van der Waals surface area (Å²) < 4.78 is 14.3. The summed E-state index contributed by atoms with van der Waals surface area (Å²) in [5, 5.41) is 0.552. The molecular formula is C27H17BrClFN2O3. The van der Waals surface area contributed by atoms with Crippen molar-refractivity contribution in [2.75, 3.05) is 9.80 Å². The Hall–Kier alpha value is -3.29. The van der Waals surface area contributed by atoms with Crippen LogP contribution < -0.4 is 9.80 Å². The number of halogens is 3. The average molecular weight is 552 g/mol. The van der Waals surface area contributed by atoms with Crippen molar-refractivity contribution in [2.24, 2.45) is 11.8 Å². The summed E-state index contributed by atoms with van der Waals surface area (Å²) in [4.78, 5) is 44.4. The summed E-state index contributed by atoms with van der Waals surface area (Å²) in [6.45, 7) is 0. The first-order valence-corrected chi connectivity index (χ1v) is 12.2. The number of hydrogen-bond donors (Lipinski definition) is 0. The Balaban J connectivity index is 1.49. The van der Waals surface area contributed by atoms with E-state index in [9.17, 15) is 18.8 Å². The second-order valence-corrected chi connectivity index (χ2v) is 10.2. The van der Waals surface area contributed by atoms with Crippen LogP contribution in [0.4, 0.5) is 15.8 Å². The van der Waals surface area contributed by atoms with Crippen LogP contribution >= 0.6 is 27.5 Å². The van der Waals surface area contributed by atoms with Crippen molar-refractivity contribution in [3.63, 3.8) is 0 Å². The number of rotatable bonds is 3. The Morgan fingerprint density at radius 1 is 0.914 bits per heavy atom. The molecule has 4 atom stereocenters. The van der Waals surface area contributed by atoms with E-state index in [4.69, 9.17) is 11.6 Å². The fraction of sp³-hybridized carbons (Fsp3) is 0.148. The lowest BCUT2D eigenvalue weighted by Gasteiger charge is -2.36. The van der Waals surface area contributed by atoms with E-state index in [0.717, 1.165) is 20.6 Å². The van der Waals surface area contributed by atoms with E-state index in [-0.39, 0.29) is 5.78 Å². The van der Waals surface area contributed by atoms with Crippen molar-refractivity contribution in [3.8, 4) is 0 Å². The van der Waals surface area contributed by atoms with Gasteiger partial charge in [0.25, 0.3) is 0 Å². The van der Waals surface area contributed by atoms with Gasteiger partial charge in [-0.2, -0.15) is 0 Å². The van der Waals surface area contributed by atoms with Gasteiger partial charge in [-0.3, -0.25) is 14.4 Å². The van der Waals surface area contributed by atoms with E-state index >= 15 is 0 Å². The molecule has 3 aliphatic heterocycles. The van der Waals surface area contributed by atoms with Crippen LogP contribution in [0.1, 0.15) is 15.9 Å². The highest BCUT2D eigenvalue weighted by atomic mass is 79.9. The van der Waals surface area contributed by atoms with Gasteiger partial charge in [0, 0.05) is 20.7 Å². The molecule has 6 rings (SSSR count). The highest BCUT2D eigenvalue weighted by Crippen LogP contribution is 2.50. The number of fused-ring (bicyclic) bond motifs is 5. The first-order chi connectivity index (χ1) is 16.8. The third-order valence-corrected chi connectivity index (χ3v) is 7.71. The lowest BCUT2D eigenvalue weighted by atomic mass is 9.86. The number of hydrogen-bond acceptors (Lipinski definition) is 4. The molecule has 0 unspecified atom stereocenters. The van der Waals surface area contributed by atoms with Crippen molar-refractivity contribution in [1.29, 1.82) is 0 Å². The maximum absolute atomic E-state index is 13.9. The second kappa shape index (κ2) is 8.14. The maximum Gasteiger partial charge on any atom is 0.240 e. The summed E-state index contributed by atoms with van der Waals surface area (Å²) in [5.41, 5.74) is 2.31. The predicted octanol–water partition coefficient (Wildman–Crippen LogP) is 5.51. The van der Waals surface area contributed by atoms with Gasteiger partial charge in [-0.25, -0.2) is 9.29 Å². The van der Waals surface area contributed by atoms with Crippen LogP contribution in [0.2, 0.25) is 5.02 Å². The number of ketones is 1. The van der Waals surface area contributed by atoms with Gasteiger partial charge in [0.05, 0.1) is 23.6 Å². The van der Waals surface area contributed by atoms with E-state index in [1.54, 1.807) is 36.4 Å². The van der Waals surface area contributed by atoms with Gasteiger partial charge in [0.1, 0.15) is 11.9 Å². The minimum Gasteiger partial charge on any atom is -0.352 e. The Morgan fingerprint density at radius 2 is 1.60 bits per heavy atom. The van der Waals surface area contributed by atoms with Gasteiger partial charge >= 0.3 is 0 Å². The van der Waals surface area contributed by atoms with E-state index in [0.29, 0.717) is 16.3 Å². The monoisotopic (exact) mass is 550 g/mol. The van der Waals surface area contributed by atoms with Crippen molar-refractivity contribution >= 4 is 62.6 Å². The SMILES string of the molecule is O=C(c1ccc(Br)cc1)[C@H]1[C@H]2C(=O)N(c3ccc(F)cc3)C(=O)[C@@H]2[C@H]2C=Cc3cc(Cl)ccc3N21. The van der Waals surface area contributed by atoms with Crippen LogP contribution in [0.3, 0.4) is 0 Å².